The molecule has 1 aliphatic heterocycles. The minimum atomic E-state index is -0.0732. The highest BCUT2D eigenvalue weighted by Crippen LogP contribution is 2.42. The van der Waals surface area contributed by atoms with Crippen molar-refractivity contribution in [2.45, 2.75) is 45.4 Å². The van der Waals surface area contributed by atoms with E-state index in [0.717, 1.165) is 43.6 Å². The molecular formula is C23H26N2O2. The average Bonchev–Trinajstić information content (AvgIpc) is 3.36. The fraction of sp³-hybridized carbons (Fsp3) is 0.391. The summed E-state index contributed by atoms with van der Waals surface area (Å²) in [7, 11) is 0. The van der Waals surface area contributed by atoms with E-state index in [1.165, 1.54) is 16.7 Å². The number of nitrogens with zero attached hydrogens (tertiary/aromatic N) is 1. The number of benzene rings is 1. The molecule has 1 aromatic rings. The van der Waals surface area contributed by atoms with E-state index in [1.54, 1.807) is 0 Å². The molecule has 27 heavy (non-hydrogen) atoms. The van der Waals surface area contributed by atoms with Gasteiger partial charge < -0.3 is 10.2 Å². The van der Waals surface area contributed by atoms with Gasteiger partial charge in [-0.2, -0.15) is 0 Å². The van der Waals surface area contributed by atoms with Crippen LogP contribution < -0.4 is 10.2 Å². The Balaban J connectivity index is 1.32. The molecule has 0 radical (unpaired) electrons. The Hall–Kier alpha value is -2.62. The number of nitrogens with one attached hydrogen (secondary N) is 1. The highest BCUT2D eigenvalue weighted by Gasteiger charge is 2.30. The fourth-order valence-corrected chi connectivity index (χ4v) is 3.99. The smallest absolute Gasteiger partial charge is 0.227 e. The maximum atomic E-state index is 12.7. The standard InChI is InChI=1S/C23H26N2O2/c1-16-8-9-21-18(13-16)6-4-12-25(21)23(27)11-10-22(26)24-20-7-3-2-5-17-14-19(17)15-20/h2-3,5,7-9,13,19H,4,6,10-12,14-15H2,1H3,(H,24,26)/b3-2-,17-5-,20-7+. The van der Waals surface area contributed by atoms with Crippen LogP contribution in [0.4, 0.5) is 5.69 Å². The van der Waals surface area contributed by atoms with Crippen molar-refractivity contribution in [3.63, 3.8) is 0 Å². The largest absolute Gasteiger partial charge is 0.330 e. The first-order valence-electron chi connectivity index (χ1n) is 9.86. The summed E-state index contributed by atoms with van der Waals surface area (Å²) < 4.78 is 0. The molecule has 0 spiro atoms. The molecule has 1 unspecified atom stereocenters. The highest BCUT2D eigenvalue weighted by molar-refractivity contribution is 5.96. The average molecular weight is 362 g/mol. The van der Waals surface area contributed by atoms with Gasteiger partial charge in [-0.1, -0.05) is 41.5 Å². The Morgan fingerprint density at radius 2 is 2.00 bits per heavy atom. The van der Waals surface area contributed by atoms with Gasteiger partial charge in [0.1, 0.15) is 0 Å². The zero-order valence-electron chi connectivity index (χ0n) is 15.8. The molecule has 0 bridgehead atoms. The number of carbonyl (C=O) groups excluding carboxylic acids is 2. The van der Waals surface area contributed by atoms with Crippen LogP contribution in [0, 0.1) is 12.8 Å². The van der Waals surface area contributed by atoms with E-state index in [0.29, 0.717) is 5.92 Å². The van der Waals surface area contributed by atoms with Gasteiger partial charge in [0.15, 0.2) is 0 Å². The molecule has 2 aliphatic carbocycles. The molecule has 4 nitrogen and oxygen atoms in total. The second kappa shape index (κ2) is 7.55. The van der Waals surface area contributed by atoms with Gasteiger partial charge >= 0.3 is 0 Å². The number of allylic oxidation sites excluding steroid dienone is 6. The number of fused-ring (bicyclic) bond motifs is 2. The summed E-state index contributed by atoms with van der Waals surface area (Å²) in [6.45, 7) is 2.81. The maximum absolute atomic E-state index is 12.7. The van der Waals surface area contributed by atoms with Crippen molar-refractivity contribution in [3.05, 3.63) is 64.9 Å². The van der Waals surface area contributed by atoms with Gasteiger partial charge in [0, 0.05) is 30.8 Å². The van der Waals surface area contributed by atoms with Crippen molar-refractivity contribution < 1.29 is 9.59 Å². The van der Waals surface area contributed by atoms with Crippen LogP contribution in [0.3, 0.4) is 0 Å². The molecule has 0 aromatic heterocycles. The molecule has 1 atom stereocenters. The van der Waals surface area contributed by atoms with Gasteiger partial charge in [0.05, 0.1) is 0 Å². The van der Waals surface area contributed by atoms with Crippen LogP contribution in [-0.4, -0.2) is 18.4 Å². The zero-order chi connectivity index (χ0) is 18.8. The van der Waals surface area contributed by atoms with Gasteiger partial charge in [-0.15, -0.1) is 0 Å². The van der Waals surface area contributed by atoms with Gasteiger partial charge in [-0.25, -0.2) is 0 Å². The summed E-state index contributed by atoms with van der Waals surface area (Å²) in [5.41, 5.74) is 5.88. The molecule has 0 saturated heterocycles. The lowest BCUT2D eigenvalue weighted by Gasteiger charge is -2.30. The Morgan fingerprint density at radius 3 is 2.89 bits per heavy atom. The number of hydrogen-bond donors (Lipinski definition) is 1. The van der Waals surface area contributed by atoms with Crippen molar-refractivity contribution in [2.75, 3.05) is 11.4 Å². The second-order valence-electron chi connectivity index (χ2n) is 7.75. The SMILES string of the molecule is Cc1ccc2c(c1)CCCN2C(=O)CCC(=O)N/C1=C/C=C\C=C2\CC2C1. The summed E-state index contributed by atoms with van der Waals surface area (Å²) in [6.07, 6.45) is 12.6. The first kappa shape index (κ1) is 17.8. The lowest BCUT2D eigenvalue weighted by molar-refractivity contribution is -0.124. The van der Waals surface area contributed by atoms with Gasteiger partial charge in [0.2, 0.25) is 11.8 Å². The lowest BCUT2D eigenvalue weighted by Crippen LogP contribution is -2.36. The van der Waals surface area contributed by atoms with Crippen LogP contribution in [0.2, 0.25) is 0 Å². The van der Waals surface area contributed by atoms with Gasteiger partial charge in [0.25, 0.3) is 0 Å². The predicted octanol–water partition coefficient (Wildman–Crippen LogP) is 3.96. The minimum absolute atomic E-state index is 0.0360. The highest BCUT2D eigenvalue weighted by atomic mass is 16.2. The van der Waals surface area contributed by atoms with Crippen LogP contribution in [-0.2, 0) is 16.0 Å². The number of aryl methyl sites for hydroxylation is 2. The molecule has 2 amide bonds. The molecule has 3 aliphatic rings. The van der Waals surface area contributed by atoms with E-state index >= 15 is 0 Å². The number of anilines is 1. The van der Waals surface area contributed by atoms with Crippen LogP contribution in [0.1, 0.15) is 43.2 Å². The molecule has 4 rings (SSSR count). The number of rotatable bonds is 4. The van der Waals surface area contributed by atoms with E-state index < -0.39 is 0 Å². The van der Waals surface area contributed by atoms with Crippen molar-refractivity contribution in [1.82, 2.24) is 5.32 Å². The van der Waals surface area contributed by atoms with E-state index in [1.807, 2.05) is 35.3 Å². The Labute approximate surface area is 160 Å². The van der Waals surface area contributed by atoms with Gasteiger partial charge in [-0.05, 0) is 56.2 Å². The summed E-state index contributed by atoms with van der Waals surface area (Å²) in [5, 5.41) is 3.00. The number of hydrogen-bond acceptors (Lipinski definition) is 2. The third kappa shape index (κ3) is 4.21. The van der Waals surface area contributed by atoms with Crippen LogP contribution in [0.25, 0.3) is 0 Å². The molecule has 1 aromatic carbocycles. The molecule has 1 fully saturated rings. The quantitative estimate of drug-likeness (QED) is 0.881. The van der Waals surface area contributed by atoms with Crippen LogP contribution >= 0.6 is 0 Å². The molecule has 1 N–H and O–H groups in total. The molecule has 140 valence electrons. The third-order valence-corrected chi connectivity index (χ3v) is 5.55. The molecule has 4 heteroatoms. The van der Waals surface area contributed by atoms with Crippen molar-refractivity contribution in [1.29, 1.82) is 0 Å². The predicted molar refractivity (Wildman–Crippen MR) is 107 cm³/mol. The first-order chi connectivity index (χ1) is 13.1. The van der Waals surface area contributed by atoms with E-state index in [9.17, 15) is 9.59 Å². The number of carbonyl (C=O) groups is 2. The van der Waals surface area contributed by atoms with Crippen LogP contribution in [0.15, 0.2) is 53.8 Å². The first-order valence-corrected chi connectivity index (χ1v) is 9.86. The summed E-state index contributed by atoms with van der Waals surface area (Å²) in [4.78, 5) is 26.9. The van der Waals surface area contributed by atoms with Gasteiger partial charge in [-0.3, -0.25) is 9.59 Å². The van der Waals surface area contributed by atoms with Crippen LogP contribution in [0.5, 0.6) is 0 Å². The van der Waals surface area contributed by atoms with Crippen molar-refractivity contribution in [3.8, 4) is 0 Å². The summed E-state index contributed by atoms with van der Waals surface area (Å²) in [6, 6.07) is 6.25. The maximum Gasteiger partial charge on any atom is 0.227 e. The summed E-state index contributed by atoms with van der Waals surface area (Å²) >= 11 is 0. The molecule has 1 saturated carbocycles. The summed E-state index contributed by atoms with van der Waals surface area (Å²) in [5.74, 6) is 0.543. The van der Waals surface area contributed by atoms with Crippen molar-refractivity contribution >= 4 is 17.5 Å². The Bertz CT molecular complexity index is 863. The second-order valence-corrected chi connectivity index (χ2v) is 7.75. The molecular weight excluding hydrogens is 336 g/mol. The van der Waals surface area contributed by atoms with E-state index in [4.69, 9.17) is 0 Å². The van der Waals surface area contributed by atoms with Crippen molar-refractivity contribution in [2.24, 2.45) is 5.92 Å². The molecule has 1 heterocycles. The third-order valence-electron chi connectivity index (χ3n) is 5.55. The topological polar surface area (TPSA) is 49.4 Å². The zero-order valence-corrected chi connectivity index (χ0v) is 15.8. The minimum Gasteiger partial charge on any atom is -0.330 e. The normalized spacial score (nSPS) is 25.5. The Morgan fingerprint density at radius 1 is 1.15 bits per heavy atom. The Kier molecular flexibility index (Phi) is 4.97. The van der Waals surface area contributed by atoms with E-state index in [2.05, 4.69) is 24.4 Å². The lowest BCUT2D eigenvalue weighted by atomic mass is 9.99. The monoisotopic (exact) mass is 362 g/mol. The number of amides is 2. The fourth-order valence-electron chi connectivity index (χ4n) is 3.99. The van der Waals surface area contributed by atoms with E-state index in [-0.39, 0.29) is 24.7 Å².